The number of amides is 1. The van der Waals surface area contributed by atoms with Crippen LogP contribution in [0.5, 0.6) is 5.75 Å². The van der Waals surface area contributed by atoms with Gasteiger partial charge in [-0.2, -0.15) is 0 Å². The van der Waals surface area contributed by atoms with Gasteiger partial charge in [-0.15, -0.1) is 12.4 Å². The topological polar surface area (TPSA) is 63.5 Å². The Morgan fingerprint density at radius 3 is 2.79 bits per heavy atom. The van der Waals surface area contributed by atoms with Gasteiger partial charge >= 0.3 is 0 Å². The fourth-order valence-electron chi connectivity index (χ4n) is 2.49. The summed E-state index contributed by atoms with van der Waals surface area (Å²) in [5.41, 5.74) is 0. The van der Waals surface area contributed by atoms with Gasteiger partial charge in [0.25, 0.3) is 5.91 Å². The Morgan fingerprint density at radius 1 is 1.29 bits per heavy atom. The maximum atomic E-state index is 12.2. The summed E-state index contributed by atoms with van der Waals surface area (Å²) in [6, 6.07) is 11.2. The molecule has 7 heteroatoms. The lowest BCUT2D eigenvalue weighted by Crippen LogP contribution is -2.45. The highest BCUT2D eigenvalue weighted by Crippen LogP contribution is 2.18. The molecule has 3 rings (SSSR count). The molecule has 1 atom stereocenters. The number of carbonyl (C=O) groups is 1. The van der Waals surface area contributed by atoms with Gasteiger partial charge in [0, 0.05) is 17.1 Å². The molecular weight excluding hydrogens is 396 g/mol. The third-order valence-electron chi connectivity index (χ3n) is 3.71. The molecule has 5 nitrogen and oxygen atoms in total. The van der Waals surface area contributed by atoms with Crippen LogP contribution in [0.2, 0.25) is 0 Å². The van der Waals surface area contributed by atoms with E-state index in [9.17, 15) is 4.79 Å². The average molecular weight is 416 g/mol. The van der Waals surface area contributed by atoms with E-state index in [0.29, 0.717) is 18.1 Å². The Morgan fingerprint density at radius 2 is 2.08 bits per heavy atom. The Balaban J connectivity index is 0.00000208. The number of nitrogens with one attached hydrogen (secondary N) is 2. The predicted octanol–water partition coefficient (Wildman–Crippen LogP) is 3.52. The number of hydrogen-bond donors (Lipinski definition) is 2. The fraction of sp³-hybridized carbons (Fsp3) is 0.353. The van der Waals surface area contributed by atoms with Crippen LogP contribution in [0.25, 0.3) is 0 Å². The maximum absolute atomic E-state index is 12.2. The normalized spacial score (nSPS) is 17.0. The van der Waals surface area contributed by atoms with Crippen molar-refractivity contribution in [2.24, 2.45) is 0 Å². The first-order valence-corrected chi connectivity index (χ1v) is 8.49. The summed E-state index contributed by atoms with van der Waals surface area (Å²) in [7, 11) is 0. The van der Waals surface area contributed by atoms with E-state index < -0.39 is 0 Å². The smallest absolute Gasteiger partial charge is 0.287 e. The lowest BCUT2D eigenvalue weighted by Gasteiger charge is -2.23. The molecule has 0 aliphatic carbocycles. The summed E-state index contributed by atoms with van der Waals surface area (Å²) in [4.78, 5) is 12.2. The van der Waals surface area contributed by atoms with Gasteiger partial charge in [-0.25, -0.2) is 0 Å². The minimum atomic E-state index is -0.173. The number of carbonyl (C=O) groups excluding carboxylic acids is 1. The van der Waals surface area contributed by atoms with E-state index in [1.807, 2.05) is 24.3 Å². The van der Waals surface area contributed by atoms with Crippen LogP contribution in [0.15, 0.2) is 45.3 Å². The fourth-order valence-corrected chi connectivity index (χ4v) is 2.76. The van der Waals surface area contributed by atoms with Crippen molar-refractivity contribution in [1.29, 1.82) is 0 Å². The Hall–Kier alpha value is -1.50. The van der Waals surface area contributed by atoms with Gasteiger partial charge in [0.2, 0.25) is 0 Å². The quantitative estimate of drug-likeness (QED) is 0.784. The molecule has 0 unspecified atom stereocenters. The molecule has 2 aromatic rings. The summed E-state index contributed by atoms with van der Waals surface area (Å²) in [5.74, 6) is 1.53. The van der Waals surface area contributed by atoms with Crippen molar-refractivity contribution in [3.63, 3.8) is 0 Å². The van der Waals surface area contributed by atoms with Crippen molar-refractivity contribution in [3.05, 3.63) is 52.4 Å². The maximum Gasteiger partial charge on any atom is 0.287 e. The molecule has 1 aromatic heterocycles. The molecule has 1 aliphatic heterocycles. The van der Waals surface area contributed by atoms with Crippen molar-refractivity contribution in [2.45, 2.75) is 25.5 Å². The number of furan rings is 1. The summed E-state index contributed by atoms with van der Waals surface area (Å²) in [6.45, 7) is 2.12. The third-order valence-corrected chi connectivity index (χ3v) is 4.24. The second-order valence-electron chi connectivity index (χ2n) is 5.53. The van der Waals surface area contributed by atoms with Gasteiger partial charge in [-0.05, 0) is 55.8 Å². The van der Waals surface area contributed by atoms with Crippen LogP contribution >= 0.6 is 28.3 Å². The lowest BCUT2D eigenvalue weighted by atomic mass is 10.1. The molecule has 130 valence electrons. The molecule has 1 amide bonds. The van der Waals surface area contributed by atoms with Gasteiger partial charge in [0.05, 0.1) is 0 Å². The molecule has 1 saturated heterocycles. The van der Waals surface area contributed by atoms with Crippen LogP contribution in [-0.2, 0) is 6.61 Å². The van der Waals surface area contributed by atoms with Crippen LogP contribution in [-0.4, -0.2) is 25.0 Å². The standard InChI is InChI=1S/C17H19BrN2O3.ClH/c18-12-3-5-14(6-4-12)22-11-15-7-8-16(23-15)17(21)20-13-2-1-9-19-10-13;/h3-8,13,19H,1-2,9-11H2,(H,20,21);1H/t13-;/m0./s1. The molecule has 1 aromatic carbocycles. The molecule has 24 heavy (non-hydrogen) atoms. The number of rotatable bonds is 5. The van der Waals surface area contributed by atoms with Gasteiger partial charge in [0.15, 0.2) is 5.76 Å². The molecule has 1 fully saturated rings. The van der Waals surface area contributed by atoms with Crippen LogP contribution < -0.4 is 15.4 Å². The van der Waals surface area contributed by atoms with Gasteiger partial charge in [-0.1, -0.05) is 15.9 Å². The van der Waals surface area contributed by atoms with Crippen LogP contribution in [0.1, 0.15) is 29.2 Å². The van der Waals surface area contributed by atoms with Crippen LogP contribution in [0.3, 0.4) is 0 Å². The first-order valence-electron chi connectivity index (χ1n) is 7.69. The van der Waals surface area contributed by atoms with E-state index in [1.54, 1.807) is 12.1 Å². The molecule has 0 radical (unpaired) electrons. The number of piperidine rings is 1. The van der Waals surface area contributed by atoms with E-state index in [0.717, 1.165) is 36.2 Å². The van der Waals surface area contributed by atoms with Crippen molar-refractivity contribution >= 4 is 34.2 Å². The van der Waals surface area contributed by atoms with E-state index in [1.165, 1.54) is 0 Å². The van der Waals surface area contributed by atoms with Crippen LogP contribution in [0, 0.1) is 0 Å². The zero-order valence-corrected chi connectivity index (χ0v) is 15.5. The molecule has 2 N–H and O–H groups in total. The van der Waals surface area contributed by atoms with Crippen molar-refractivity contribution in [2.75, 3.05) is 13.1 Å². The van der Waals surface area contributed by atoms with E-state index >= 15 is 0 Å². The van der Waals surface area contributed by atoms with Gasteiger partial charge in [0.1, 0.15) is 18.1 Å². The molecule has 2 heterocycles. The number of benzene rings is 1. The molecular formula is C17H20BrClN2O3. The van der Waals surface area contributed by atoms with E-state index in [2.05, 4.69) is 26.6 Å². The minimum Gasteiger partial charge on any atom is -0.486 e. The number of hydrogen-bond acceptors (Lipinski definition) is 4. The van der Waals surface area contributed by atoms with Crippen molar-refractivity contribution in [1.82, 2.24) is 10.6 Å². The Labute approximate surface area is 155 Å². The molecule has 0 saturated carbocycles. The zero-order valence-electron chi connectivity index (χ0n) is 13.1. The Bertz CT molecular complexity index is 654. The van der Waals surface area contributed by atoms with Gasteiger partial charge in [-0.3, -0.25) is 4.79 Å². The first-order chi connectivity index (χ1) is 11.2. The highest BCUT2D eigenvalue weighted by Gasteiger charge is 2.18. The highest BCUT2D eigenvalue weighted by molar-refractivity contribution is 9.10. The van der Waals surface area contributed by atoms with Crippen molar-refractivity contribution < 1.29 is 13.9 Å². The van der Waals surface area contributed by atoms with Gasteiger partial charge < -0.3 is 19.8 Å². The van der Waals surface area contributed by atoms with Crippen LogP contribution in [0.4, 0.5) is 0 Å². The summed E-state index contributed by atoms with van der Waals surface area (Å²) in [6.07, 6.45) is 2.08. The second-order valence-corrected chi connectivity index (χ2v) is 6.44. The first kappa shape index (κ1) is 18.8. The monoisotopic (exact) mass is 414 g/mol. The largest absolute Gasteiger partial charge is 0.486 e. The number of halogens is 2. The molecule has 0 spiro atoms. The molecule has 1 aliphatic rings. The minimum absolute atomic E-state index is 0. The predicted molar refractivity (Wildman–Crippen MR) is 97.8 cm³/mol. The van der Waals surface area contributed by atoms with E-state index in [-0.39, 0.29) is 24.4 Å². The average Bonchev–Trinajstić information content (AvgIpc) is 3.04. The van der Waals surface area contributed by atoms with E-state index in [4.69, 9.17) is 9.15 Å². The number of ether oxygens (including phenoxy) is 1. The summed E-state index contributed by atoms with van der Waals surface area (Å²) < 4.78 is 12.2. The third kappa shape index (κ3) is 5.26. The SMILES string of the molecule is Cl.O=C(N[C@H]1CCCNC1)c1ccc(COc2ccc(Br)cc2)o1. The zero-order chi connectivity index (χ0) is 16.1. The van der Waals surface area contributed by atoms with Crippen molar-refractivity contribution in [3.8, 4) is 5.75 Å². The lowest BCUT2D eigenvalue weighted by molar-refractivity contribution is 0.0898. The highest BCUT2D eigenvalue weighted by atomic mass is 79.9. The summed E-state index contributed by atoms with van der Waals surface area (Å²) >= 11 is 3.38. The molecule has 0 bridgehead atoms. The second kappa shape index (κ2) is 9.11. The Kier molecular flexibility index (Phi) is 7.15. The summed E-state index contributed by atoms with van der Waals surface area (Å²) in [5, 5.41) is 6.26.